The van der Waals surface area contributed by atoms with Crippen molar-refractivity contribution in [1.29, 1.82) is 0 Å². The van der Waals surface area contributed by atoms with Gasteiger partial charge >= 0.3 is 6.03 Å². The van der Waals surface area contributed by atoms with Crippen LogP contribution in [0.15, 0.2) is 5.38 Å². The van der Waals surface area contributed by atoms with Crippen molar-refractivity contribution < 1.29 is 13.6 Å². The third-order valence-electron chi connectivity index (χ3n) is 3.40. The number of hydrogen-bond donors (Lipinski definition) is 1. The molecule has 2 amide bonds. The number of aromatic nitrogens is 1. The van der Waals surface area contributed by atoms with Crippen molar-refractivity contribution in [1.82, 2.24) is 15.2 Å². The van der Waals surface area contributed by atoms with E-state index >= 15 is 0 Å². The van der Waals surface area contributed by atoms with Gasteiger partial charge in [0.15, 0.2) is 0 Å². The van der Waals surface area contributed by atoms with Gasteiger partial charge < -0.3 is 10.2 Å². The molecule has 1 aliphatic heterocycles. The summed E-state index contributed by atoms with van der Waals surface area (Å²) in [6.45, 7) is 4.62. The molecule has 0 bridgehead atoms. The molecular weight excluding hydrogens is 284 g/mol. The Morgan fingerprint density at radius 1 is 1.55 bits per heavy atom. The van der Waals surface area contributed by atoms with E-state index < -0.39 is 5.92 Å². The van der Waals surface area contributed by atoms with E-state index in [0.29, 0.717) is 6.54 Å². The Morgan fingerprint density at radius 3 is 2.75 bits per heavy atom. The molecule has 0 spiro atoms. The average Bonchev–Trinajstić information content (AvgIpc) is 2.82. The number of nitrogens with zero attached hydrogens (tertiary/aromatic N) is 2. The largest absolute Gasteiger partial charge is 0.337 e. The molecule has 1 aromatic rings. The highest BCUT2D eigenvalue weighted by Gasteiger charge is 2.35. The Morgan fingerprint density at radius 2 is 2.20 bits per heavy atom. The van der Waals surface area contributed by atoms with Gasteiger partial charge in [0.05, 0.1) is 5.01 Å². The quantitative estimate of drug-likeness (QED) is 0.933. The Bertz CT molecular complexity index is 468. The number of aryl methyl sites for hydroxylation is 1. The maximum Gasteiger partial charge on any atom is 0.317 e. The van der Waals surface area contributed by atoms with Crippen molar-refractivity contribution in [2.24, 2.45) is 0 Å². The summed E-state index contributed by atoms with van der Waals surface area (Å²) in [5, 5.41) is 5.75. The zero-order valence-electron chi connectivity index (χ0n) is 11.7. The minimum atomic E-state index is -2.62. The Hall–Kier alpha value is -1.24. The summed E-state index contributed by atoms with van der Waals surface area (Å²) in [6.07, 6.45) is -0.497. The number of rotatable bonds is 3. The molecule has 1 atom stereocenters. The molecule has 4 nitrogen and oxygen atoms in total. The van der Waals surface area contributed by atoms with Crippen molar-refractivity contribution in [3.8, 4) is 0 Å². The van der Waals surface area contributed by atoms with Crippen LogP contribution in [0.3, 0.4) is 0 Å². The first-order valence-corrected chi connectivity index (χ1v) is 7.58. The maximum absolute atomic E-state index is 13.0. The van der Waals surface area contributed by atoms with Crippen molar-refractivity contribution >= 4 is 17.4 Å². The molecule has 1 aliphatic rings. The Kier molecular flexibility index (Phi) is 4.57. The first kappa shape index (κ1) is 15.2. The molecule has 0 aromatic carbocycles. The smallest absolute Gasteiger partial charge is 0.317 e. The van der Waals surface area contributed by atoms with Gasteiger partial charge in [-0.1, -0.05) is 6.92 Å². The van der Waals surface area contributed by atoms with Crippen molar-refractivity contribution in [3.05, 3.63) is 16.1 Å². The number of alkyl halides is 2. The molecule has 2 rings (SSSR count). The number of urea groups is 1. The second-order valence-corrected chi connectivity index (χ2v) is 6.15. The van der Waals surface area contributed by atoms with E-state index in [9.17, 15) is 13.6 Å². The first-order valence-electron chi connectivity index (χ1n) is 6.70. The number of halogens is 2. The van der Waals surface area contributed by atoms with Gasteiger partial charge in [0.25, 0.3) is 5.92 Å². The zero-order chi connectivity index (χ0) is 14.8. The molecule has 2 heterocycles. The monoisotopic (exact) mass is 303 g/mol. The van der Waals surface area contributed by atoms with Crippen LogP contribution in [0.5, 0.6) is 0 Å². The van der Waals surface area contributed by atoms with Crippen LogP contribution in [-0.4, -0.2) is 41.5 Å². The second-order valence-electron chi connectivity index (χ2n) is 5.26. The highest BCUT2D eigenvalue weighted by molar-refractivity contribution is 7.09. The summed E-state index contributed by atoms with van der Waals surface area (Å²) in [6, 6.07) is -0.263. The van der Waals surface area contributed by atoms with E-state index in [1.54, 1.807) is 11.3 Å². The molecule has 1 saturated heterocycles. The molecule has 0 saturated carbocycles. The topological polar surface area (TPSA) is 45.2 Å². The molecular formula is C13H19F2N3OS. The summed E-state index contributed by atoms with van der Waals surface area (Å²) in [5.41, 5.74) is 0.974. The third kappa shape index (κ3) is 3.88. The van der Waals surface area contributed by atoms with Gasteiger partial charge in [0, 0.05) is 49.5 Å². The number of carbonyl (C=O) groups excluding carboxylic acids is 1. The van der Waals surface area contributed by atoms with Crippen LogP contribution in [0.4, 0.5) is 13.6 Å². The van der Waals surface area contributed by atoms with Crippen LogP contribution in [-0.2, 0) is 0 Å². The highest BCUT2D eigenvalue weighted by Crippen LogP contribution is 2.27. The predicted molar refractivity (Wildman–Crippen MR) is 74.4 cm³/mol. The van der Waals surface area contributed by atoms with Gasteiger partial charge in [-0.25, -0.2) is 18.6 Å². The van der Waals surface area contributed by atoms with E-state index in [1.807, 2.05) is 19.2 Å². The number of nitrogens with one attached hydrogen (secondary N) is 1. The first-order chi connectivity index (χ1) is 9.37. The van der Waals surface area contributed by atoms with E-state index in [1.165, 1.54) is 4.90 Å². The van der Waals surface area contributed by atoms with Crippen molar-refractivity contribution in [3.63, 3.8) is 0 Å². The van der Waals surface area contributed by atoms with E-state index in [2.05, 4.69) is 10.3 Å². The molecule has 112 valence electrons. The number of thiazole rings is 1. The lowest BCUT2D eigenvalue weighted by atomic mass is 10.1. The average molecular weight is 303 g/mol. The fourth-order valence-corrected chi connectivity index (χ4v) is 2.93. The summed E-state index contributed by atoms with van der Waals surface area (Å²) in [7, 11) is 0. The van der Waals surface area contributed by atoms with Gasteiger partial charge in [0.2, 0.25) is 0 Å². The normalized spacial score (nSPS) is 19.7. The lowest BCUT2D eigenvalue weighted by Gasteiger charge is -2.31. The van der Waals surface area contributed by atoms with Gasteiger partial charge in [0.1, 0.15) is 0 Å². The van der Waals surface area contributed by atoms with E-state index in [4.69, 9.17) is 0 Å². The zero-order valence-corrected chi connectivity index (χ0v) is 12.5. The summed E-state index contributed by atoms with van der Waals surface area (Å²) in [4.78, 5) is 17.7. The van der Waals surface area contributed by atoms with Crippen molar-refractivity contribution in [2.45, 2.75) is 38.5 Å². The standard InChI is InChI=1S/C13H19F2N3OS/c1-9(11-17-10(2)8-20-11)7-16-12(19)18-5-3-13(14,15)4-6-18/h8-9H,3-7H2,1-2H3,(H,16,19). The lowest BCUT2D eigenvalue weighted by Crippen LogP contribution is -2.47. The summed E-state index contributed by atoms with van der Waals surface area (Å²) < 4.78 is 26.0. The van der Waals surface area contributed by atoms with Crippen LogP contribution in [0.1, 0.15) is 36.4 Å². The SMILES string of the molecule is Cc1csc(C(C)CNC(=O)N2CCC(F)(F)CC2)n1. The molecule has 20 heavy (non-hydrogen) atoms. The molecule has 1 unspecified atom stereocenters. The number of piperidine rings is 1. The van der Waals surface area contributed by atoms with Gasteiger partial charge in [-0.15, -0.1) is 11.3 Å². The van der Waals surface area contributed by atoms with E-state index in [-0.39, 0.29) is 37.9 Å². The molecule has 1 fully saturated rings. The maximum atomic E-state index is 13.0. The molecule has 7 heteroatoms. The van der Waals surface area contributed by atoms with Crippen LogP contribution in [0.2, 0.25) is 0 Å². The number of hydrogen-bond acceptors (Lipinski definition) is 3. The van der Waals surface area contributed by atoms with Crippen LogP contribution in [0.25, 0.3) is 0 Å². The van der Waals surface area contributed by atoms with Gasteiger partial charge in [-0.05, 0) is 6.92 Å². The van der Waals surface area contributed by atoms with E-state index in [0.717, 1.165) is 10.7 Å². The van der Waals surface area contributed by atoms with Gasteiger partial charge in [-0.3, -0.25) is 0 Å². The Labute approximate surface area is 121 Å². The molecule has 1 aromatic heterocycles. The number of carbonyl (C=O) groups is 1. The molecule has 0 radical (unpaired) electrons. The Balaban J connectivity index is 1.78. The predicted octanol–water partition coefficient (Wildman–Crippen LogP) is 3.00. The van der Waals surface area contributed by atoms with Crippen molar-refractivity contribution in [2.75, 3.05) is 19.6 Å². The van der Waals surface area contributed by atoms with Crippen LogP contribution < -0.4 is 5.32 Å². The minimum Gasteiger partial charge on any atom is -0.337 e. The van der Waals surface area contributed by atoms with Crippen LogP contribution in [0, 0.1) is 6.92 Å². The molecule has 0 aliphatic carbocycles. The summed E-state index contributed by atoms with van der Waals surface area (Å²) >= 11 is 1.57. The van der Waals surface area contributed by atoms with Crippen LogP contribution >= 0.6 is 11.3 Å². The molecule has 1 N–H and O–H groups in total. The fourth-order valence-electron chi connectivity index (χ4n) is 2.07. The second kappa shape index (κ2) is 6.03. The lowest BCUT2D eigenvalue weighted by molar-refractivity contribution is -0.0469. The number of likely N-dealkylation sites (tertiary alicyclic amines) is 1. The summed E-state index contributed by atoms with van der Waals surface area (Å²) in [5.74, 6) is -2.49. The van der Waals surface area contributed by atoms with Gasteiger partial charge in [-0.2, -0.15) is 0 Å². The highest BCUT2D eigenvalue weighted by atomic mass is 32.1. The third-order valence-corrected chi connectivity index (χ3v) is 4.59. The number of amides is 2. The fraction of sp³-hybridized carbons (Fsp3) is 0.692. The minimum absolute atomic E-state index is 0.115.